The average molecular weight is 241 g/mol. The van der Waals surface area contributed by atoms with Crippen LogP contribution in [0.25, 0.3) is 11.3 Å². The summed E-state index contributed by atoms with van der Waals surface area (Å²) in [6.07, 6.45) is 1.81. The van der Waals surface area contributed by atoms with E-state index in [-0.39, 0.29) is 5.92 Å². The first-order valence-corrected chi connectivity index (χ1v) is 6.22. The van der Waals surface area contributed by atoms with E-state index in [1.54, 1.807) is 0 Å². The lowest BCUT2D eigenvalue weighted by molar-refractivity contribution is 0.712. The van der Waals surface area contributed by atoms with Crippen LogP contribution < -0.4 is 5.73 Å². The van der Waals surface area contributed by atoms with E-state index in [9.17, 15) is 0 Å². The van der Waals surface area contributed by atoms with Gasteiger partial charge in [0, 0.05) is 24.2 Å². The maximum atomic E-state index is 5.67. The molecule has 18 heavy (non-hydrogen) atoms. The van der Waals surface area contributed by atoms with Crippen molar-refractivity contribution in [1.29, 1.82) is 0 Å². The van der Waals surface area contributed by atoms with Crippen molar-refractivity contribution in [3.05, 3.63) is 47.4 Å². The third-order valence-electron chi connectivity index (χ3n) is 3.14. The second-order valence-corrected chi connectivity index (χ2v) is 4.76. The first-order valence-electron chi connectivity index (χ1n) is 6.22. The van der Waals surface area contributed by atoms with Gasteiger partial charge in [-0.05, 0) is 31.5 Å². The fraction of sp³-hybridized carbons (Fsp3) is 0.333. The van der Waals surface area contributed by atoms with Crippen molar-refractivity contribution in [1.82, 2.24) is 9.97 Å². The highest BCUT2D eigenvalue weighted by molar-refractivity contribution is 5.64. The van der Waals surface area contributed by atoms with E-state index in [0.717, 1.165) is 11.5 Å². The molecule has 2 aromatic rings. The molecule has 0 saturated carbocycles. The van der Waals surface area contributed by atoms with Crippen LogP contribution in [0, 0.1) is 13.8 Å². The Bertz CT molecular complexity index is 549. The first-order chi connectivity index (χ1) is 8.61. The molecule has 0 saturated heterocycles. The molecule has 0 bridgehead atoms. The Balaban J connectivity index is 2.47. The molecule has 1 heterocycles. The molecule has 0 fully saturated rings. The zero-order valence-electron chi connectivity index (χ0n) is 11.1. The van der Waals surface area contributed by atoms with Gasteiger partial charge < -0.3 is 5.73 Å². The summed E-state index contributed by atoms with van der Waals surface area (Å²) in [4.78, 5) is 8.92. The monoisotopic (exact) mass is 241 g/mol. The van der Waals surface area contributed by atoms with E-state index < -0.39 is 0 Å². The van der Waals surface area contributed by atoms with Crippen LogP contribution in [-0.2, 0) is 0 Å². The molecule has 0 spiro atoms. The van der Waals surface area contributed by atoms with Gasteiger partial charge in [0.1, 0.15) is 5.82 Å². The molecule has 3 heteroatoms. The van der Waals surface area contributed by atoms with Gasteiger partial charge in [0.25, 0.3) is 0 Å². The Hall–Kier alpha value is -1.74. The Morgan fingerprint density at radius 1 is 1.22 bits per heavy atom. The van der Waals surface area contributed by atoms with Crippen LogP contribution >= 0.6 is 0 Å². The van der Waals surface area contributed by atoms with E-state index in [1.807, 2.05) is 19.2 Å². The molecular formula is C15H19N3. The lowest BCUT2D eigenvalue weighted by Gasteiger charge is -2.10. The number of nitrogens with two attached hydrogens (primary N) is 1. The number of rotatable bonds is 3. The number of aryl methyl sites for hydroxylation is 2. The number of aromatic nitrogens is 2. The van der Waals surface area contributed by atoms with Gasteiger partial charge in [-0.15, -0.1) is 0 Å². The molecule has 2 rings (SSSR count). The molecular weight excluding hydrogens is 222 g/mol. The van der Waals surface area contributed by atoms with Crippen molar-refractivity contribution in [2.45, 2.75) is 26.7 Å². The second-order valence-electron chi connectivity index (χ2n) is 4.76. The smallest absolute Gasteiger partial charge is 0.133 e. The van der Waals surface area contributed by atoms with Crippen LogP contribution in [0.1, 0.15) is 29.8 Å². The minimum absolute atomic E-state index is 0.190. The zero-order valence-corrected chi connectivity index (χ0v) is 11.1. The van der Waals surface area contributed by atoms with Crippen LogP contribution in [-0.4, -0.2) is 16.5 Å². The summed E-state index contributed by atoms with van der Waals surface area (Å²) in [7, 11) is 0. The maximum Gasteiger partial charge on any atom is 0.133 e. The van der Waals surface area contributed by atoms with Gasteiger partial charge in [-0.1, -0.05) is 24.6 Å². The fourth-order valence-corrected chi connectivity index (χ4v) is 1.88. The van der Waals surface area contributed by atoms with Crippen molar-refractivity contribution in [3.63, 3.8) is 0 Å². The summed E-state index contributed by atoms with van der Waals surface area (Å²) in [6, 6.07) is 8.35. The quantitative estimate of drug-likeness (QED) is 0.899. The second kappa shape index (κ2) is 5.27. The normalized spacial score (nSPS) is 12.4. The molecule has 0 aliphatic carbocycles. The average Bonchev–Trinajstić information content (AvgIpc) is 2.40. The van der Waals surface area contributed by atoms with Crippen molar-refractivity contribution >= 4 is 0 Å². The molecule has 0 amide bonds. The molecule has 1 aromatic carbocycles. The molecule has 94 valence electrons. The summed E-state index contributed by atoms with van der Waals surface area (Å²) >= 11 is 0. The number of hydrogen-bond acceptors (Lipinski definition) is 3. The maximum absolute atomic E-state index is 5.67. The Morgan fingerprint density at radius 3 is 2.72 bits per heavy atom. The van der Waals surface area contributed by atoms with Gasteiger partial charge in [-0.2, -0.15) is 0 Å². The highest BCUT2D eigenvalue weighted by Crippen LogP contribution is 2.23. The largest absolute Gasteiger partial charge is 0.330 e. The topological polar surface area (TPSA) is 51.8 Å². The lowest BCUT2D eigenvalue weighted by atomic mass is 10.0. The van der Waals surface area contributed by atoms with E-state index in [0.29, 0.717) is 6.54 Å². The molecule has 1 atom stereocenters. The molecule has 0 aliphatic heterocycles. The predicted molar refractivity (Wildman–Crippen MR) is 74.4 cm³/mol. The highest BCUT2D eigenvalue weighted by atomic mass is 14.9. The van der Waals surface area contributed by atoms with Gasteiger partial charge >= 0.3 is 0 Å². The third kappa shape index (κ3) is 2.57. The van der Waals surface area contributed by atoms with E-state index in [2.05, 4.69) is 42.0 Å². The third-order valence-corrected chi connectivity index (χ3v) is 3.14. The number of hydrogen-bond donors (Lipinski definition) is 1. The molecule has 3 nitrogen and oxygen atoms in total. The van der Waals surface area contributed by atoms with E-state index in [1.165, 1.54) is 16.7 Å². The number of nitrogens with zero attached hydrogens (tertiary/aromatic N) is 2. The van der Waals surface area contributed by atoms with Crippen molar-refractivity contribution < 1.29 is 0 Å². The Kier molecular flexibility index (Phi) is 3.72. The van der Waals surface area contributed by atoms with Gasteiger partial charge in [0.05, 0.1) is 5.69 Å². The van der Waals surface area contributed by atoms with Crippen LogP contribution in [0.3, 0.4) is 0 Å². The lowest BCUT2D eigenvalue weighted by Crippen LogP contribution is -2.12. The first kappa shape index (κ1) is 12.7. The van der Waals surface area contributed by atoms with E-state index in [4.69, 9.17) is 5.73 Å². The summed E-state index contributed by atoms with van der Waals surface area (Å²) in [6.45, 7) is 6.80. The minimum atomic E-state index is 0.190. The molecule has 0 radical (unpaired) electrons. The van der Waals surface area contributed by atoms with Gasteiger partial charge in [0.15, 0.2) is 0 Å². The van der Waals surface area contributed by atoms with Crippen LogP contribution in [0.15, 0.2) is 30.5 Å². The standard InChI is InChI=1S/C15H19N3/c1-10-4-5-11(2)13(8-10)14-6-7-17-15(18-14)12(3)9-16/h4-8,12H,9,16H2,1-3H3. The van der Waals surface area contributed by atoms with E-state index >= 15 is 0 Å². The van der Waals surface area contributed by atoms with Gasteiger partial charge in [-0.3, -0.25) is 0 Å². The predicted octanol–water partition coefficient (Wildman–Crippen LogP) is 2.82. The highest BCUT2D eigenvalue weighted by Gasteiger charge is 2.09. The summed E-state index contributed by atoms with van der Waals surface area (Å²) in [5.41, 5.74) is 10.3. The Morgan fingerprint density at radius 2 is 2.00 bits per heavy atom. The summed E-state index contributed by atoms with van der Waals surface area (Å²) in [5, 5.41) is 0. The SMILES string of the molecule is Cc1ccc(C)c(-c2ccnc(C(C)CN)n2)c1. The fourth-order valence-electron chi connectivity index (χ4n) is 1.88. The number of benzene rings is 1. The molecule has 0 aliphatic rings. The molecule has 1 unspecified atom stereocenters. The summed E-state index contributed by atoms with van der Waals surface area (Å²) in [5.74, 6) is 1.01. The Labute approximate surface area is 108 Å². The van der Waals surface area contributed by atoms with Crippen LogP contribution in [0.5, 0.6) is 0 Å². The van der Waals surface area contributed by atoms with Crippen LogP contribution in [0.2, 0.25) is 0 Å². The van der Waals surface area contributed by atoms with Crippen LogP contribution in [0.4, 0.5) is 0 Å². The van der Waals surface area contributed by atoms with Gasteiger partial charge in [0.2, 0.25) is 0 Å². The zero-order chi connectivity index (χ0) is 13.1. The van der Waals surface area contributed by atoms with Crippen molar-refractivity contribution in [3.8, 4) is 11.3 Å². The molecule has 1 aromatic heterocycles. The van der Waals surface area contributed by atoms with Gasteiger partial charge in [-0.25, -0.2) is 9.97 Å². The minimum Gasteiger partial charge on any atom is -0.330 e. The molecule has 2 N–H and O–H groups in total. The summed E-state index contributed by atoms with van der Waals surface area (Å²) < 4.78 is 0. The van der Waals surface area contributed by atoms with Crippen molar-refractivity contribution in [2.24, 2.45) is 5.73 Å². The van der Waals surface area contributed by atoms with Crippen molar-refractivity contribution in [2.75, 3.05) is 6.54 Å².